The van der Waals surface area contributed by atoms with Crippen LogP contribution < -0.4 is 10.6 Å². The van der Waals surface area contributed by atoms with Crippen LogP contribution in [0.1, 0.15) is 5.56 Å². The molecule has 0 bridgehead atoms. The Morgan fingerprint density at radius 3 is 2.65 bits per heavy atom. The lowest BCUT2D eigenvalue weighted by Crippen LogP contribution is -2.26. The fraction of sp³-hybridized carbons (Fsp3) is 0.300. The topological polar surface area (TPSA) is 36.4 Å². The Labute approximate surface area is 101 Å². The molecular formula is C10H9ClF3N3. The number of hydrogen-bond acceptors (Lipinski definition) is 3. The molecule has 0 unspecified atom stereocenters. The Kier molecular flexibility index (Phi) is 3.15. The molecule has 0 atom stereocenters. The third-order valence-corrected chi connectivity index (χ3v) is 2.54. The van der Waals surface area contributed by atoms with Gasteiger partial charge in [0, 0.05) is 6.54 Å². The molecule has 0 spiro atoms. The molecule has 1 aliphatic rings. The molecule has 0 aromatic heterocycles. The second kappa shape index (κ2) is 4.44. The molecule has 17 heavy (non-hydrogen) atoms. The van der Waals surface area contributed by atoms with E-state index >= 15 is 0 Å². The minimum absolute atomic E-state index is 0.0104. The van der Waals surface area contributed by atoms with Gasteiger partial charge in [-0.1, -0.05) is 11.6 Å². The molecule has 1 aromatic carbocycles. The van der Waals surface area contributed by atoms with Crippen molar-refractivity contribution in [1.29, 1.82) is 0 Å². The maximum atomic E-state index is 12.4. The van der Waals surface area contributed by atoms with Crippen molar-refractivity contribution < 1.29 is 13.2 Å². The smallest absolute Gasteiger partial charge is 0.354 e. The third kappa shape index (κ3) is 2.82. The second-order valence-corrected chi connectivity index (χ2v) is 3.88. The Morgan fingerprint density at radius 2 is 2.12 bits per heavy atom. The van der Waals surface area contributed by atoms with Crippen LogP contribution in [-0.2, 0) is 6.18 Å². The van der Waals surface area contributed by atoms with Crippen LogP contribution in [0.4, 0.5) is 18.9 Å². The van der Waals surface area contributed by atoms with E-state index in [1.807, 2.05) is 0 Å². The number of alkyl halides is 3. The van der Waals surface area contributed by atoms with Crippen LogP contribution >= 0.6 is 11.6 Å². The van der Waals surface area contributed by atoms with Gasteiger partial charge in [0.25, 0.3) is 0 Å². The lowest BCUT2D eigenvalue weighted by atomic mass is 10.2. The maximum Gasteiger partial charge on any atom is 0.416 e. The molecule has 2 N–H and O–H groups in total. The zero-order valence-electron chi connectivity index (χ0n) is 8.61. The highest BCUT2D eigenvalue weighted by molar-refractivity contribution is 6.33. The van der Waals surface area contributed by atoms with Crippen molar-refractivity contribution in [2.75, 3.05) is 18.4 Å². The van der Waals surface area contributed by atoms with E-state index in [4.69, 9.17) is 11.6 Å². The van der Waals surface area contributed by atoms with Crippen LogP contribution in [0, 0.1) is 0 Å². The number of nitrogens with zero attached hydrogens (tertiary/aromatic N) is 1. The Hall–Kier alpha value is -1.43. The van der Waals surface area contributed by atoms with Crippen LogP contribution in [0.15, 0.2) is 23.2 Å². The van der Waals surface area contributed by atoms with E-state index in [-0.39, 0.29) is 5.02 Å². The predicted octanol–water partition coefficient (Wildman–Crippen LogP) is 2.73. The van der Waals surface area contributed by atoms with Crippen LogP contribution in [0.25, 0.3) is 0 Å². The number of guanidine groups is 1. The van der Waals surface area contributed by atoms with E-state index in [1.54, 1.807) is 0 Å². The number of aliphatic imine (C=N–C) groups is 1. The van der Waals surface area contributed by atoms with E-state index in [0.717, 1.165) is 12.1 Å². The summed E-state index contributed by atoms with van der Waals surface area (Å²) >= 11 is 5.77. The van der Waals surface area contributed by atoms with Gasteiger partial charge in [-0.05, 0) is 18.2 Å². The van der Waals surface area contributed by atoms with Gasteiger partial charge >= 0.3 is 6.18 Å². The molecule has 3 nitrogen and oxygen atoms in total. The Balaban J connectivity index is 2.20. The maximum absolute atomic E-state index is 12.4. The molecule has 0 radical (unpaired) electrons. The molecule has 0 saturated carbocycles. The number of benzene rings is 1. The summed E-state index contributed by atoms with van der Waals surface area (Å²) in [5.74, 6) is 0.520. The number of rotatable bonds is 1. The largest absolute Gasteiger partial charge is 0.416 e. The highest BCUT2D eigenvalue weighted by Gasteiger charge is 2.30. The van der Waals surface area contributed by atoms with Crippen molar-refractivity contribution in [2.24, 2.45) is 4.99 Å². The van der Waals surface area contributed by atoms with Gasteiger partial charge in [0.1, 0.15) is 0 Å². The quantitative estimate of drug-likeness (QED) is 0.817. The highest BCUT2D eigenvalue weighted by atomic mass is 35.5. The molecule has 1 heterocycles. The summed E-state index contributed by atoms with van der Waals surface area (Å²) in [4.78, 5) is 4.06. The lowest BCUT2D eigenvalue weighted by molar-refractivity contribution is -0.137. The highest BCUT2D eigenvalue weighted by Crippen LogP contribution is 2.33. The molecule has 0 fully saturated rings. The zero-order chi connectivity index (χ0) is 12.5. The number of hydrogen-bond donors (Lipinski definition) is 2. The molecule has 1 aliphatic heterocycles. The Morgan fingerprint density at radius 1 is 1.35 bits per heavy atom. The SMILES string of the molecule is FC(F)(F)c1ccc(NC2=NCCN2)c(Cl)c1. The number of anilines is 1. The van der Waals surface area contributed by atoms with E-state index in [9.17, 15) is 13.2 Å². The fourth-order valence-electron chi connectivity index (χ4n) is 1.40. The average Bonchev–Trinajstić information content (AvgIpc) is 2.72. The summed E-state index contributed by atoms with van der Waals surface area (Å²) in [5, 5.41) is 5.77. The van der Waals surface area contributed by atoms with E-state index < -0.39 is 11.7 Å². The monoisotopic (exact) mass is 263 g/mol. The molecular weight excluding hydrogens is 255 g/mol. The van der Waals surface area contributed by atoms with Gasteiger partial charge in [-0.15, -0.1) is 0 Å². The van der Waals surface area contributed by atoms with Crippen molar-refractivity contribution in [3.8, 4) is 0 Å². The lowest BCUT2D eigenvalue weighted by Gasteiger charge is -2.11. The van der Waals surface area contributed by atoms with Crippen molar-refractivity contribution in [3.05, 3.63) is 28.8 Å². The van der Waals surface area contributed by atoms with Crippen LogP contribution in [0.3, 0.4) is 0 Å². The summed E-state index contributed by atoms with van der Waals surface area (Å²) in [7, 11) is 0. The van der Waals surface area contributed by atoms with Crippen molar-refractivity contribution in [1.82, 2.24) is 5.32 Å². The summed E-state index contributed by atoms with van der Waals surface area (Å²) in [6.45, 7) is 1.35. The van der Waals surface area contributed by atoms with Gasteiger partial charge in [-0.25, -0.2) is 0 Å². The summed E-state index contributed by atoms with van der Waals surface area (Å²) in [6, 6.07) is 3.15. The van der Waals surface area contributed by atoms with E-state index in [0.29, 0.717) is 24.7 Å². The standard InChI is InChI=1S/C10H9ClF3N3/c11-7-5-6(10(12,13)14)1-2-8(7)17-9-15-3-4-16-9/h1-2,5H,3-4H2,(H2,15,16,17). The molecule has 0 amide bonds. The zero-order valence-corrected chi connectivity index (χ0v) is 9.36. The van der Waals surface area contributed by atoms with Crippen LogP contribution in [0.2, 0.25) is 5.02 Å². The fourth-order valence-corrected chi connectivity index (χ4v) is 1.63. The molecule has 92 valence electrons. The first-order valence-electron chi connectivity index (χ1n) is 4.89. The first-order chi connectivity index (χ1) is 7.97. The molecule has 2 rings (SSSR count). The van der Waals surface area contributed by atoms with Crippen molar-refractivity contribution in [2.45, 2.75) is 6.18 Å². The van der Waals surface area contributed by atoms with Crippen molar-refractivity contribution >= 4 is 23.2 Å². The predicted molar refractivity (Wildman–Crippen MR) is 60.4 cm³/mol. The average molecular weight is 264 g/mol. The van der Waals surface area contributed by atoms with E-state index in [1.165, 1.54) is 6.07 Å². The minimum atomic E-state index is -4.38. The van der Waals surface area contributed by atoms with Gasteiger partial charge in [-0.2, -0.15) is 13.2 Å². The number of halogens is 4. The molecule has 1 aromatic rings. The molecule has 0 aliphatic carbocycles. The van der Waals surface area contributed by atoms with Crippen molar-refractivity contribution in [3.63, 3.8) is 0 Å². The van der Waals surface area contributed by atoms with Gasteiger partial charge in [0.2, 0.25) is 0 Å². The number of nitrogens with one attached hydrogen (secondary N) is 2. The van der Waals surface area contributed by atoms with Crippen LogP contribution in [0.5, 0.6) is 0 Å². The molecule has 0 saturated heterocycles. The first-order valence-corrected chi connectivity index (χ1v) is 5.27. The summed E-state index contributed by atoms with van der Waals surface area (Å²) < 4.78 is 37.2. The van der Waals surface area contributed by atoms with Crippen LogP contribution in [-0.4, -0.2) is 19.0 Å². The van der Waals surface area contributed by atoms with Gasteiger partial charge in [-0.3, -0.25) is 4.99 Å². The van der Waals surface area contributed by atoms with E-state index in [2.05, 4.69) is 15.6 Å². The minimum Gasteiger partial charge on any atom is -0.354 e. The molecule has 7 heteroatoms. The normalized spacial score (nSPS) is 15.4. The Bertz CT molecular complexity index is 457. The van der Waals surface area contributed by atoms with Gasteiger partial charge in [0.05, 0.1) is 22.8 Å². The van der Waals surface area contributed by atoms with Gasteiger partial charge < -0.3 is 10.6 Å². The first kappa shape index (κ1) is 12.0. The third-order valence-electron chi connectivity index (χ3n) is 2.22. The second-order valence-electron chi connectivity index (χ2n) is 3.47. The summed E-state index contributed by atoms with van der Waals surface area (Å²) in [6.07, 6.45) is -4.38. The summed E-state index contributed by atoms with van der Waals surface area (Å²) in [5.41, 5.74) is -0.373. The van der Waals surface area contributed by atoms with Gasteiger partial charge in [0.15, 0.2) is 5.96 Å².